The molecule has 2 N–H and O–H groups in total. The summed E-state index contributed by atoms with van der Waals surface area (Å²) in [6.07, 6.45) is -0.501. The summed E-state index contributed by atoms with van der Waals surface area (Å²) in [6, 6.07) is 11.9. The van der Waals surface area contributed by atoms with Gasteiger partial charge < -0.3 is 15.2 Å². The smallest absolute Gasteiger partial charge is 0.119 e. The van der Waals surface area contributed by atoms with E-state index in [1.165, 1.54) is 8.45 Å². The van der Waals surface area contributed by atoms with Gasteiger partial charge in [-0.05, 0) is 58.3 Å². The highest BCUT2D eigenvalue weighted by Crippen LogP contribution is 2.13. The van der Waals surface area contributed by atoms with Crippen molar-refractivity contribution in [3.8, 4) is 5.75 Å². The van der Waals surface area contributed by atoms with E-state index in [1.54, 1.807) is 11.3 Å². The van der Waals surface area contributed by atoms with E-state index in [0.29, 0.717) is 13.2 Å². The maximum Gasteiger partial charge on any atom is 0.119 e. The highest BCUT2D eigenvalue weighted by molar-refractivity contribution is 14.1. The molecule has 0 radical (unpaired) electrons. The van der Waals surface area contributed by atoms with Crippen LogP contribution in [-0.4, -0.2) is 24.4 Å². The van der Waals surface area contributed by atoms with Gasteiger partial charge >= 0.3 is 0 Å². The molecule has 102 valence electrons. The first kappa shape index (κ1) is 14.8. The SMILES string of the molecule is OC(CNCc1cccs1)COc1ccc(I)cc1. The number of hydrogen-bond acceptors (Lipinski definition) is 4. The average molecular weight is 389 g/mol. The van der Waals surface area contributed by atoms with Crippen LogP contribution in [0, 0.1) is 3.57 Å². The summed E-state index contributed by atoms with van der Waals surface area (Å²) in [5, 5.41) is 15.1. The highest BCUT2D eigenvalue weighted by Gasteiger charge is 2.05. The summed E-state index contributed by atoms with van der Waals surface area (Å²) >= 11 is 3.96. The second-order valence-electron chi connectivity index (χ2n) is 4.13. The van der Waals surface area contributed by atoms with Gasteiger partial charge in [-0.25, -0.2) is 0 Å². The second-order valence-corrected chi connectivity index (χ2v) is 6.41. The predicted octanol–water partition coefficient (Wildman–Crippen LogP) is 2.88. The van der Waals surface area contributed by atoms with Gasteiger partial charge in [-0.3, -0.25) is 0 Å². The molecule has 0 saturated heterocycles. The Morgan fingerprint density at radius 3 is 2.74 bits per heavy atom. The number of ether oxygens (including phenoxy) is 1. The largest absolute Gasteiger partial charge is 0.491 e. The average Bonchev–Trinajstić information content (AvgIpc) is 2.91. The van der Waals surface area contributed by atoms with E-state index in [1.807, 2.05) is 35.7 Å². The van der Waals surface area contributed by atoms with Crippen LogP contribution >= 0.6 is 33.9 Å². The van der Waals surface area contributed by atoms with Crippen molar-refractivity contribution in [2.45, 2.75) is 12.6 Å². The molecule has 1 aromatic carbocycles. The van der Waals surface area contributed by atoms with Crippen molar-refractivity contribution in [3.63, 3.8) is 0 Å². The molecule has 0 fully saturated rings. The molecule has 1 heterocycles. The van der Waals surface area contributed by atoms with Gasteiger partial charge in [0.15, 0.2) is 0 Å². The van der Waals surface area contributed by atoms with Crippen molar-refractivity contribution in [1.29, 1.82) is 0 Å². The van der Waals surface area contributed by atoms with Gasteiger partial charge in [0.1, 0.15) is 18.5 Å². The Hall–Kier alpha value is -0.630. The Kier molecular flexibility index (Phi) is 6.09. The van der Waals surface area contributed by atoms with E-state index in [9.17, 15) is 5.11 Å². The first-order valence-electron chi connectivity index (χ1n) is 6.03. The van der Waals surface area contributed by atoms with Crippen LogP contribution in [0.3, 0.4) is 0 Å². The molecule has 0 aliphatic rings. The molecule has 3 nitrogen and oxygen atoms in total. The van der Waals surface area contributed by atoms with E-state index in [4.69, 9.17) is 4.74 Å². The summed E-state index contributed by atoms with van der Waals surface area (Å²) in [7, 11) is 0. The summed E-state index contributed by atoms with van der Waals surface area (Å²) in [6.45, 7) is 1.62. The zero-order valence-electron chi connectivity index (χ0n) is 10.4. The minimum absolute atomic E-state index is 0.304. The summed E-state index contributed by atoms with van der Waals surface area (Å²) in [5.74, 6) is 0.790. The number of halogens is 1. The highest BCUT2D eigenvalue weighted by atomic mass is 127. The zero-order valence-corrected chi connectivity index (χ0v) is 13.4. The minimum Gasteiger partial charge on any atom is -0.491 e. The fourth-order valence-electron chi connectivity index (χ4n) is 1.56. The number of thiophene rings is 1. The molecular formula is C14H16INO2S. The lowest BCUT2D eigenvalue weighted by molar-refractivity contribution is 0.106. The number of rotatable bonds is 7. The minimum atomic E-state index is -0.501. The Labute approximate surface area is 130 Å². The molecule has 0 bridgehead atoms. The standard InChI is InChI=1S/C14H16INO2S/c15-11-3-5-13(6-4-11)18-10-12(17)8-16-9-14-2-1-7-19-14/h1-7,12,16-17H,8-10H2. The summed E-state index contributed by atoms with van der Waals surface area (Å²) in [5.41, 5.74) is 0. The molecule has 2 rings (SSSR count). The van der Waals surface area contributed by atoms with E-state index in [-0.39, 0.29) is 0 Å². The third kappa shape index (κ3) is 5.48. The van der Waals surface area contributed by atoms with Gasteiger partial charge in [0.25, 0.3) is 0 Å². The third-order valence-electron chi connectivity index (χ3n) is 2.52. The van der Waals surface area contributed by atoms with Crippen LogP contribution in [0.2, 0.25) is 0 Å². The molecule has 0 aliphatic carbocycles. The van der Waals surface area contributed by atoms with E-state index >= 15 is 0 Å². The predicted molar refractivity (Wildman–Crippen MR) is 86.7 cm³/mol. The molecule has 19 heavy (non-hydrogen) atoms. The maximum atomic E-state index is 9.81. The van der Waals surface area contributed by atoms with Crippen molar-refractivity contribution in [1.82, 2.24) is 5.32 Å². The van der Waals surface area contributed by atoms with Crippen LogP contribution in [0.4, 0.5) is 0 Å². The molecule has 1 aromatic heterocycles. The quantitative estimate of drug-likeness (QED) is 0.716. The molecule has 0 aliphatic heterocycles. The summed E-state index contributed by atoms with van der Waals surface area (Å²) in [4.78, 5) is 1.27. The lowest BCUT2D eigenvalue weighted by Crippen LogP contribution is -2.30. The van der Waals surface area contributed by atoms with Crippen molar-refractivity contribution in [2.75, 3.05) is 13.2 Å². The first-order chi connectivity index (χ1) is 9.24. The summed E-state index contributed by atoms with van der Waals surface area (Å²) < 4.78 is 6.69. The van der Waals surface area contributed by atoms with Crippen LogP contribution in [0.1, 0.15) is 4.88 Å². The fraction of sp³-hybridized carbons (Fsp3) is 0.286. The fourth-order valence-corrected chi connectivity index (χ4v) is 2.59. The number of aliphatic hydroxyl groups excluding tert-OH is 1. The number of nitrogens with one attached hydrogen (secondary N) is 1. The third-order valence-corrected chi connectivity index (χ3v) is 4.11. The van der Waals surface area contributed by atoms with Crippen LogP contribution in [-0.2, 0) is 6.54 Å². The Bertz CT molecular complexity index is 473. The molecule has 5 heteroatoms. The Balaban J connectivity index is 1.64. The van der Waals surface area contributed by atoms with Crippen molar-refractivity contribution in [3.05, 3.63) is 50.2 Å². The number of hydrogen-bond donors (Lipinski definition) is 2. The van der Waals surface area contributed by atoms with Gasteiger partial charge in [0.2, 0.25) is 0 Å². The topological polar surface area (TPSA) is 41.5 Å². The van der Waals surface area contributed by atoms with Crippen LogP contribution in [0.25, 0.3) is 0 Å². The van der Waals surface area contributed by atoms with Crippen molar-refractivity contribution < 1.29 is 9.84 Å². The second kappa shape index (κ2) is 7.84. The van der Waals surface area contributed by atoms with Gasteiger partial charge in [-0.2, -0.15) is 0 Å². The monoisotopic (exact) mass is 389 g/mol. The first-order valence-corrected chi connectivity index (χ1v) is 7.99. The van der Waals surface area contributed by atoms with E-state index < -0.39 is 6.10 Å². The lowest BCUT2D eigenvalue weighted by atomic mass is 10.3. The Morgan fingerprint density at radius 2 is 2.05 bits per heavy atom. The van der Waals surface area contributed by atoms with E-state index in [0.717, 1.165) is 12.3 Å². The van der Waals surface area contributed by atoms with Crippen molar-refractivity contribution in [2.24, 2.45) is 0 Å². The maximum absolute atomic E-state index is 9.81. The van der Waals surface area contributed by atoms with Gasteiger partial charge in [0.05, 0.1) is 0 Å². The molecule has 1 unspecified atom stereocenters. The molecule has 0 amide bonds. The van der Waals surface area contributed by atoms with Gasteiger partial charge in [-0.15, -0.1) is 11.3 Å². The molecule has 2 aromatic rings. The van der Waals surface area contributed by atoms with Crippen molar-refractivity contribution >= 4 is 33.9 Å². The van der Waals surface area contributed by atoms with Gasteiger partial charge in [-0.1, -0.05) is 6.07 Å². The Morgan fingerprint density at radius 1 is 1.26 bits per heavy atom. The van der Waals surface area contributed by atoms with E-state index in [2.05, 4.69) is 34.0 Å². The van der Waals surface area contributed by atoms with Crippen LogP contribution in [0.5, 0.6) is 5.75 Å². The molecular weight excluding hydrogens is 373 g/mol. The number of aliphatic hydroxyl groups is 1. The molecule has 0 saturated carbocycles. The lowest BCUT2D eigenvalue weighted by Gasteiger charge is -2.13. The molecule has 0 spiro atoms. The number of benzene rings is 1. The van der Waals surface area contributed by atoms with Crippen LogP contribution in [0.15, 0.2) is 41.8 Å². The van der Waals surface area contributed by atoms with Gasteiger partial charge in [0, 0.05) is 21.5 Å². The zero-order chi connectivity index (χ0) is 13.5. The van der Waals surface area contributed by atoms with Crippen LogP contribution < -0.4 is 10.1 Å². The molecule has 1 atom stereocenters. The normalized spacial score (nSPS) is 12.3.